The summed E-state index contributed by atoms with van der Waals surface area (Å²) < 4.78 is 0. The highest BCUT2D eigenvalue weighted by molar-refractivity contribution is 6.31. The van der Waals surface area contributed by atoms with E-state index in [1.165, 1.54) is 6.42 Å². The molecule has 0 atom stereocenters. The molecule has 0 N–H and O–H groups in total. The van der Waals surface area contributed by atoms with Crippen LogP contribution in [0.1, 0.15) is 29.6 Å². The fourth-order valence-corrected chi connectivity index (χ4v) is 3.48. The van der Waals surface area contributed by atoms with Gasteiger partial charge >= 0.3 is 0 Å². The summed E-state index contributed by atoms with van der Waals surface area (Å²) in [6, 6.07) is 11.2. The number of rotatable bonds is 2. The summed E-state index contributed by atoms with van der Waals surface area (Å²) in [4.78, 5) is 23.9. The molecular formula is C20H18ClN3O. The predicted octanol–water partition coefficient (Wildman–Crippen LogP) is 4.58. The van der Waals surface area contributed by atoms with E-state index in [0.29, 0.717) is 10.6 Å². The molecule has 1 aliphatic heterocycles. The molecule has 0 saturated carbocycles. The minimum atomic E-state index is 0.0599. The van der Waals surface area contributed by atoms with E-state index in [1.54, 1.807) is 12.4 Å². The maximum absolute atomic E-state index is 13.2. The van der Waals surface area contributed by atoms with Gasteiger partial charge < -0.3 is 4.90 Å². The van der Waals surface area contributed by atoms with Crippen LogP contribution in [0.5, 0.6) is 0 Å². The van der Waals surface area contributed by atoms with Gasteiger partial charge in [-0.2, -0.15) is 0 Å². The fourth-order valence-electron chi connectivity index (χ4n) is 3.31. The maximum Gasteiger partial charge on any atom is 0.254 e. The molecule has 0 spiro atoms. The highest BCUT2D eigenvalue weighted by Crippen LogP contribution is 2.28. The molecule has 0 unspecified atom stereocenters. The van der Waals surface area contributed by atoms with Crippen LogP contribution < -0.4 is 0 Å². The average Bonchev–Trinajstić information content (AvgIpc) is 2.68. The Morgan fingerprint density at radius 2 is 1.76 bits per heavy atom. The zero-order valence-corrected chi connectivity index (χ0v) is 14.5. The van der Waals surface area contributed by atoms with Gasteiger partial charge in [-0.1, -0.05) is 11.6 Å². The second kappa shape index (κ2) is 6.81. The Morgan fingerprint density at radius 3 is 2.52 bits per heavy atom. The van der Waals surface area contributed by atoms with Crippen LogP contribution in [-0.4, -0.2) is 33.9 Å². The van der Waals surface area contributed by atoms with E-state index in [-0.39, 0.29) is 5.91 Å². The first kappa shape index (κ1) is 16.0. The first-order valence-electron chi connectivity index (χ1n) is 8.52. The van der Waals surface area contributed by atoms with Crippen molar-refractivity contribution in [3.63, 3.8) is 0 Å². The van der Waals surface area contributed by atoms with Crippen molar-refractivity contribution >= 4 is 28.4 Å². The quantitative estimate of drug-likeness (QED) is 0.679. The number of hydrogen-bond acceptors (Lipinski definition) is 3. The van der Waals surface area contributed by atoms with Gasteiger partial charge in [0.1, 0.15) is 0 Å². The van der Waals surface area contributed by atoms with E-state index in [0.717, 1.165) is 48.1 Å². The number of carbonyl (C=O) groups excluding carboxylic acids is 1. The van der Waals surface area contributed by atoms with Gasteiger partial charge in [0.05, 0.1) is 16.8 Å². The van der Waals surface area contributed by atoms with Crippen LogP contribution in [0.25, 0.3) is 22.2 Å². The standard InChI is InChI=1S/C20H18ClN3O/c21-15-4-5-18-16(12-15)17(20(25)24-10-2-1-3-11-24)13-19(23-18)14-6-8-22-9-7-14/h4-9,12-13H,1-3,10-11H2. The van der Waals surface area contributed by atoms with Crippen LogP contribution >= 0.6 is 11.6 Å². The number of piperidine rings is 1. The Kier molecular flexibility index (Phi) is 4.36. The van der Waals surface area contributed by atoms with Crippen molar-refractivity contribution in [3.05, 3.63) is 59.4 Å². The normalized spacial score (nSPS) is 14.7. The lowest BCUT2D eigenvalue weighted by Crippen LogP contribution is -2.35. The van der Waals surface area contributed by atoms with E-state index in [4.69, 9.17) is 16.6 Å². The number of aromatic nitrogens is 2. The predicted molar refractivity (Wildman–Crippen MR) is 99.7 cm³/mol. The Balaban J connectivity index is 1.87. The summed E-state index contributed by atoms with van der Waals surface area (Å²) >= 11 is 6.18. The largest absolute Gasteiger partial charge is 0.339 e. The molecule has 5 heteroatoms. The number of halogens is 1. The minimum absolute atomic E-state index is 0.0599. The van der Waals surface area contributed by atoms with Gasteiger partial charge in [-0.05, 0) is 55.7 Å². The summed E-state index contributed by atoms with van der Waals surface area (Å²) in [5, 5.41) is 1.42. The van der Waals surface area contributed by atoms with E-state index >= 15 is 0 Å². The third-order valence-electron chi connectivity index (χ3n) is 4.62. The number of likely N-dealkylation sites (tertiary alicyclic amines) is 1. The molecule has 1 fully saturated rings. The molecule has 1 saturated heterocycles. The van der Waals surface area contributed by atoms with Gasteiger partial charge in [0.15, 0.2) is 0 Å². The summed E-state index contributed by atoms with van der Waals surface area (Å²) in [6.45, 7) is 1.63. The van der Waals surface area contributed by atoms with Crippen LogP contribution in [0.3, 0.4) is 0 Å². The molecule has 4 nitrogen and oxygen atoms in total. The number of fused-ring (bicyclic) bond motifs is 1. The zero-order chi connectivity index (χ0) is 17.2. The summed E-state index contributed by atoms with van der Waals surface area (Å²) in [6.07, 6.45) is 6.78. The summed E-state index contributed by atoms with van der Waals surface area (Å²) in [7, 11) is 0. The molecule has 0 radical (unpaired) electrons. The van der Waals surface area contributed by atoms with Gasteiger partial charge in [-0.15, -0.1) is 0 Å². The third-order valence-corrected chi connectivity index (χ3v) is 4.86. The Hall–Kier alpha value is -2.46. The van der Waals surface area contributed by atoms with Gasteiger partial charge in [0, 0.05) is 41.5 Å². The molecule has 1 amide bonds. The van der Waals surface area contributed by atoms with Crippen LogP contribution in [0.15, 0.2) is 48.8 Å². The molecule has 126 valence electrons. The smallest absolute Gasteiger partial charge is 0.254 e. The van der Waals surface area contributed by atoms with Crippen LogP contribution in [0.4, 0.5) is 0 Å². The second-order valence-corrected chi connectivity index (χ2v) is 6.74. The molecule has 1 aliphatic rings. The van der Waals surface area contributed by atoms with Crippen molar-refractivity contribution < 1.29 is 4.79 Å². The van der Waals surface area contributed by atoms with Crippen molar-refractivity contribution in [2.75, 3.05) is 13.1 Å². The Bertz CT molecular complexity index is 921. The highest BCUT2D eigenvalue weighted by atomic mass is 35.5. The molecule has 1 aromatic carbocycles. The van der Waals surface area contributed by atoms with E-state index in [9.17, 15) is 4.79 Å². The van der Waals surface area contributed by atoms with Crippen molar-refractivity contribution in [3.8, 4) is 11.3 Å². The number of benzene rings is 1. The molecule has 3 heterocycles. The lowest BCUT2D eigenvalue weighted by Gasteiger charge is -2.27. The monoisotopic (exact) mass is 351 g/mol. The van der Waals surface area contributed by atoms with Crippen molar-refractivity contribution in [1.29, 1.82) is 0 Å². The van der Waals surface area contributed by atoms with E-state index in [1.807, 2.05) is 41.3 Å². The number of carbonyl (C=O) groups is 1. The second-order valence-electron chi connectivity index (χ2n) is 6.31. The molecule has 0 aliphatic carbocycles. The van der Waals surface area contributed by atoms with Crippen LogP contribution in [-0.2, 0) is 0 Å². The first-order valence-corrected chi connectivity index (χ1v) is 8.90. The average molecular weight is 352 g/mol. The van der Waals surface area contributed by atoms with Gasteiger partial charge in [0.25, 0.3) is 5.91 Å². The molecule has 3 aromatic rings. The molecule has 25 heavy (non-hydrogen) atoms. The first-order chi connectivity index (χ1) is 12.2. The molecule has 0 bridgehead atoms. The van der Waals surface area contributed by atoms with Crippen molar-refractivity contribution in [2.45, 2.75) is 19.3 Å². The molecular weight excluding hydrogens is 334 g/mol. The lowest BCUT2D eigenvalue weighted by molar-refractivity contribution is 0.0726. The van der Waals surface area contributed by atoms with Crippen LogP contribution in [0.2, 0.25) is 5.02 Å². The third kappa shape index (κ3) is 3.22. The zero-order valence-electron chi connectivity index (χ0n) is 13.8. The summed E-state index contributed by atoms with van der Waals surface area (Å²) in [5.74, 6) is 0.0599. The topological polar surface area (TPSA) is 46.1 Å². The van der Waals surface area contributed by atoms with E-state index < -0.39 is 0 Å². The Labute approximate surface area is 151 Å². The van der Waals surface area contributed by atoms with Gasteiger partial charge in [0.2, 0.25) is 0 Å². The maximum atomic E-state index is 13.2. The van der Waals surface area contributed by atoms with E-state index in [2.05, 4.69) is 4.98 Å². The minimum Gasteiger partial charge on any atom is -0.339 e. The molecule has 4 rings (SSSR count). The van der Waals surface area contributed by atoms with Crippen molar-refractivity contribution in [2.24, 2.45) is 0 Å². The number of amides is 1. The number of hydrogen-bond donors (Lipinski definition) is 0. The SMILES string of the molecule is O=C(c1cc(-c2ccncc2)nc2ccc(Cl)cc12)N1CCCCC1. The highest BCUT2D eigenvalue weighted by Gasteiger charge is 2.21. The molecule has 2 aromatic heterocycles. The van der Waals surface area contributed by atoms with Crippen LogP contribution in [0, 0.1) is 0 Å². The Morgan fingerprint density at radius 1 is 1.00 bits per heavy atom. The fraction of sp³-hybridized carbons (Fsp3) is 0.250. The number of nitrogens with zero attached hydrogens (tertiary/aromatic N) is 3. The summed E-state index contributed by atoms with van der Waals surface area (Å²) in [5.41, 5.74) is 3.16. The lowest BCUT2D eigenvalue weighted by atomic mass is 10.0. The number of pyridine rings is 2. The van der Waals surface area contributed by atoms with Gasteiger partial charge in [-0.25, -0.2) is 4.98 Å². The van der Waals surface area contributed by atoms with Crippen molar-refractivity contribution in [1.82, 2.24) is 14.9 Å². The van der Waals surface area contributed by atoms with Gasteiger partial charge in [-0.3, -0.25) is 9.78 Å².